The predicted octanol–water partition coefficient (Wildman–Crippen LogP) is 9.19. The minimum Gasteiger partial charge on any atom is -0.425 e. The summed E-state index contributed by atoms with van der Waals surface area (Å²) in [5.74, 6) is 0.344. The lowest BCUT2D eigenvalue weighted by atomic mass is 9.97. The Bertz CT molecular complexity index is 1650. The molecule has 1 aromatic heterocycles. The molecule has 4 aromatic rings. The monoisotopic (exact) mass is 744 g/mol. The fourth-order valence-corrected chi connectivity index (χ4v) is 7.45. The molecule has 4 unspecified atom stereocenters. The first kappa shape index (κ1) is 39.5. The number of para-hydroxylation sites is 1. The molecule has 8 nitrogen and oxygen atoms in total. The summed E-state index contributed by atoms with van der Waals surface area (Å²) >= 11 is 11.7. The molecule has 0 radical (unpaired) electrons. The standard InChI is InChI=1S/C28H30ClFN4O4S.C6H5Cl.2C2H6/c1-17-31-32-27(38-17)14-26-28(35)34(25(16-37-26)19-8-10-20(29)11-9-19)24(18-6-7-18)15-33(39(36)21-12-13-21)23-5-3-2-4-22(23)30;7-6-4-2-1-3-5-6;2*1-2/h2-5,8-11,18,21,24-26H,6-7,12-16H2,1H3;1-5H;2*1-2H3. The van der Waals surface area contributed by atoms with Gasteiger partial charge in [-0.15, -0.1) is 10.2 Å². The molecule has 0 spiro atoms. The molecule has 1 aliphatic heterocycles. The number of hydrogen-bond acceptors (Lipinski definition) is 6. The fourth-order valence-electron chi connectivity index (χ4n) is 5.64. The topological polar surface area (TPSA) is 88.8 Å². The summed E-state index contributed by atoms with van der Waals surface area (Å²) in [7, 11) is -1.41. The minimum absolute atomic E-state index is 0.00503. The van der Waals surface area contributed by atoms with Gasteiger partial charge < -0.3 is 14.1 Å². The van der Waals surface area contributed by atoms with E-state index in [0.717, 1.165) is 36.3 Å². The SMILES string of the molecule is CC.CC.Cc1nnc(CC2OCC(c3ccc(Cl)cc3)N(C(CN(c3ccccc3F)S(=O)C3CC3)C3CC3)C2=O)o1.Clc1ccccc1. The van der Waals surface area contributed by atoms with Crippen molar-refractivity contribution in [3.8, 4) is 0 Å². The number of aromatic nitrogens is 2. The van der Waals surface area contributed by atoms with Crippen LogP contribution in [0.5, 0.6) is 0 Å². The maximum absolute atomic E-state index is 15.0. The van der Waals surface area contributed by atoms with Gasteiger partial charge in [-0.25, -0.2) is 8.60 Å². The molecule has 2 heterocycles. The van der Waals surface area contributed by atoms with Crippen molar-refractivity contribution in [3.05, 3.63) is 112 Å². The second-order valence-corrected chi connectivity index (χ2v) is 14.3. The van der Waals surface area contributed by atoms with Crippen molar-refractivity contribution in [2.24, 2.45) is 5.92 Å². The molecule has 2 aliphatic carbocycles. The van der Waals surface area contributed by atoms with E-state index >= 15 is 4.39 Å². The number of carbonyl (C=O) groups excluding carboxylic acids is 1. The van der Waals surface area contributed by atoms with Crippen molar-refractivity contribution in [2.75, 3.05) is 17.5 Å². The predicted molar refractivity (Wildman–Crippen MR) is 199 cm³/mol. The maximum Gasteiger partial charge on any atom is 0.253 e. The van der Waals surface area contributed by atoms with Crippen molar-refractivity contribution in [1.82, 2.24) is 15.1 Å². The lowest BCUT2D eigenvalue weighted by Gasteiger charge is -2.45. The Kier molecular flexibility index (Phi) is 15.3. The van der Waals surface area contributed by atoms with Crippen LogP contribution in [0.1, 0.15) is 76.8 Å². The number of hydrogen-bond donors (Lipinski definition) is 0. The van der Waals surface area contributed by atoms with Crippen LogP contribution in [-0.4, -0.2) is 55.8 Å². The molecule has 7 rings (SSSR count). The summed E-state index contributed by atoms with van der Waals surface area (Å²) in [5.41, 5.74) is 1.20. The number of ether oxygens (including phenoxy) is 1. The van der Waals surface area contributed by atoms with Crippen LogP contribution in [-0.2, 0) is 26.9 Å². The summed E-state index contributed by atoms with van der Waals surface area (Å²) in [6.07, 6.45) is 2.94. The van der Waals surface area contributed by atoms with Crippen LogP contribution in [0.3, 0.4) is 0 Å². The second kappa shape index (κ2) is 19.3. The number of aryl methyl sites for hydroxylation is 1. The highest BCUT2D eigenvalue weighted by Crippen LogP contribution is 2.43. The van der Waals surface area contributed by atoms with Crippen molar-refractivity contribution in [1.29, 1.82) is 0 Å². The van der Waals surface area contributed by atoms with E-state index < -0.39 is 22.9 Å². The van der Waals surface area contributed by atoms with Gasteiger partial charge in [0.15, 0.2) is 0 Å². The average molecular weight is 746 g/mol. The van der Waals surface area contributed by atoms with E-state index in [2.05, 4.69) is 10.2 Å². The smallest absolute Gasteiger partial charge is 0.253 e. The van der Waals surface area contributed by atoms with E-state index in [1.165, 1.54) is 6.07 Å². The maximum atomic E-state index is 15.0. The van der Waals surface area contributed by atoms with E-state index in [-0.39, 0.29) is 48.7 Å². The van der Waals surface area contributed by atoms with Gasteiger partial charge in [-0.3, -0.25) is 9.10 Å². The van der Waals surface area contributed by atoms with Gasteiger partial charge in [0.05, 0.1) is 42.6 Å². The third-order valence-electron chi connectivity index (χ3n) is 8.26. The molecule has 1 saturated heterocycles. The van der Waals surface area contributed by atoms with Gasteiger partial charge in [-0.2, -0.15) is 0 Å². The molecule has 1 amide bonds. The average Bonchev–Trinajstić information content (AvgIpc) is 4.08. The number of morpholine rings is 1. The first-order valence-corrected chi connectivity index (χ1v) is 19.3. The van der Waals surface area contributed by atoms with E-state index in [0.29, 0.717) is 22.5 Å². The summed E-state index contributed by atoms with van der Waals surface area (Å²) in [6, 6.07) is 22.6. The molecular formula is C38H47Cl2FN4O4S. The van der Waals surface area contributed by atoms with Crippen molar-refractivity contribution in [3.63, 3.8) is 0 Å². The van der Waals surface area contributed by atoms with Gasteiger partial charge in [0.1, 0.15) is 22.9 Å². The molecule has 3 aliphatic rings. The number of anilines is 1. The zero-order valence-corrected chi connectivity index (χ0v) is 31.6. The number of amides is 1. The Balaban J connectivity index is 0.000000446. The van der Waals surface area contributed by atoms with Crippen LogP contribution in [0.4, 0.5) is 10.1 Å². The summed E-state index contributed by atoms with van der Waals surface area (Å²) in [5, 5.41) is 9.33. The highest BCUT2D eigenvalue weighted by molar-refractivity contribution is 7.87. The van der Waals surface area contributed by atoms with Crippen molar-refractivity contribution < 1.29 is 22.5 Å². The summed E-state index contributed by atoms with van der Waals surface area (Å²) in [6.45, 7) is 10.2. The second-order valence-electron chi connectivity index (χ2n) is 11.7. The molecule has 4 atom stereocenters. The van der Waals surface area contributed by atoms with Gasteiger partial charge in [-0.1, -0.05) is 93.4 Å². The number of carbonyl (C=O) groups is 1. The van der Waals surface area contributed by atoms with E-state index in [1.54, 1.807) is 41.6 Å². The van der Waals surface area contributed by atoms with Crippen LogP contribution in [0.25, 0.3) is 0 Å². The Morgan fingerprint density at radius 2 is 1.52 bits per heavy atom. The van der Waals surface area contributed by atoms with Crippen molar-refractivity contribution >= 4 is 45.8 Å². The molecule has 50 heavy (non-hydrogen) atoms. The zero-order valence-electron chi connectivity index (χ0n) is 29.3. The highest BCUT2D eigenvalue weighted by Gasteiger charge is 2.48. The third kappa shape index (κ3) is 10.6. The lowest BCUT2D eigenvalue weighted by Crippen LogP contribution is -2.58. The first-order valence-electron chi connectivity index (χ1n) is 17.4. The van der Waals surface area contributed by atoms with Gasteiger partial charge in [0.25, 0.3) is 5.91 Å². The summed E-state index contributed by atoms with van der Waals surface area (Å²) < 4.78 is 42.0. The Labute approximate surface area is 307 Å². The van der Waals surface area contributed by atoms with Crippen LogP contribution in [0.15, 0.2) is 83.3 Å². The van der Waals surface area contributed by atoms with Gasteiger partial charge in [0.2, 0.25) is 11.8 Å². The highest BCUT2D eigenvalue weighted by atomic mass is 35.5. The quantitative estimate of drug-likeness (QED) is 0.161. The molecular weight excluding hydrogens is 698 g/mol. The van der Waals surface area contributed by atoms with Gasteiger partial charge >= 0.3 is 0 Å². The molecule has 3 aromatic carbocycles. The van der Waals surface area contributed by atoms with Crippen LogP contribution >= 0.6 is 23.2 Å². The van der Waals surface area contributed by atoms with E-state index in [4.69, 9.17) is 32.4 Å². The largest absolute Gasteiger partial charge is 0.425 e. The normalized spacial score (nSPS) is 19.4. The van der Waals surface area contributed by atoms with E-state index in [1.807, 2.05) is 75.1 Å². The summed E-state index contributed by atoms with van der Waals surface area (Å²) in [4.78, 5) is 16.1. The van der Waals surface area contributed by atoms with Crippen molar-refractivity contribution in [2.45, 2.75) is 90.2 Å². The minimum atomic E-state index is -1.41. The first-order chi connectivity index (χ1) is 24.3. The molecule has 270 valence electrons. The molecule has 0 bridgehead atoms. The molecule has 0 N–H and O–H groups in total. The molecule has 3 fully saturated rings. The number of halogens is 3. The third-order valence-corrected chi connectivity index (χ3v) is 10.6. The molecule has 2 saturated carbocycles. The zero-order chi connectivity index (χ0) is 36.2. The number of rotatable bonds is 10. The van der Waals surface area contributed by atoms with E-state index in [9.17, 15) is 9.00 Å². The van der Waals surface area contributed by atoms with Crippen LogP contribution < -0.4 is 4.31 Å². The Morgan fingerprint density at radius 3 is 2.06 bits per heavy atom. The van der Waals surface area contributed by atoms with Gasteiger partial charge in [0, 0.05) is 17.0 Å². The van der Waals surface area contributed by atoms with Crippen LogP contribution in [0.2, 0.25) is 10.0 Å². The van der Waals surface area contributed by atoms with Gasteiger partial charge in [-0.05, 0) is 73.6 Å². The number of nitrogens with zero attached hydrogens (tertiary/aromatic N) is 4. The Morgan fingerprint density at radius 1 is 0.900 bits per heavy atom. The Hall–Kier alpha value is -3.31. The number of benzene rings is 3. The fraction of sp³-hybridized carbons (Fsp3) is 0.447. The molecule has 12 heteroatoms. The van der Waals surface area contributed by atoms with Crippen LogP contribution in [0, 0.1) is 18.7 Å². The lowest BCUT2D eigenvalue weighted by molar-refractivity contribution is -0.164.